The third-order valence-corrected chi connectivity index (χ3v) is 4.67. The van der Waals surface area contributed by atoms with E-state index in [1.165, 1.54) is 11.3 Å². The first-order valence-corrected chi connectivity index (χ1v) is 7.43. The molecule has 17 heavy (non-hydrogen) atoms. The molecule has 96 valence electrons. The average Bonchev–Trinajstić information content (AvgIpc) is 2.84. The van der Waals surface area contributed by atoms with Crippen LogP contribution in [0.5, 0.6) is 0 Å². The van der Waals surface area contributed by atoms with Gasteiger partial charge in [-0.05, 0) is 12.8 Å². The molecule has 3 unspecified atom stereocenters. The maximum Gasteiger partial charge on any atom is 0.0794 e. The monoisotopic (exact) mass is 253 g/mol. The molecule has 1 aromatic rings. The SMILES string of the molecule is CCC(C)C1CN(Cc2cncs2)C(C)CN1. The van der Waals surface area contributed by atoms with Crippen LogP contribution in [0.25, 0.3) is 0 Å². The molecule has 1 fully saturated rings. The van der Waals surface area contributed by atoms with E-state index in [4.69, 9.17) is 0 Å². The molecular weight excluding hydrogens is 230 g/mol. The zero-order chi connectivity index (χ0) is 12.3. The molecule has 1 aromatic heterocycles. The molecule has 0 spiro atoms. The van der Waals surface area contributed by atoms with Gasteiger partial charge < -0.3 is 5.32 Å². The minimum absolute atomic E-state index is 0.623. The lowest BCUT2D eigenvalue weighted by Gasteiger charge is -2.40. The molecule has 0 aliphatic carbocycles. The summed E-state index contributed by atoms with van der Waals surface area (Å²) in [4.78, 5) is 8.12. The Morgan fingerprint density at radius 2 is 2.47 bits per heavy atom. The fourth-order valence-electron chi connectivity index (χ4n) is 2.35. The van der Waals surface area contributed by atoms with Crippen molar-refractivity contribution in [3.63, 3.8) is 0 Å². The number of aromatic nitrogens is 1. The summed E-state index contributed by atoms with van der Waals surface area (Å²) in [6, 6.07) is 1.27. The number of hydrogen-bond donors (Lipinski definition) is 1. The van der Waals surface area contributed by atoms with Crippen LogP contribution in [0.15, 0.2) is 11.7 Å². The van der Waals surface area contributed by atoms with Gasteiger partial charge in [-0.2, -0.15) is 0 Å². The number of thiazole rings is 1. The van der Waals surface area contributed by atoms with E-state index in [1.807, 2.05) is 11.7 Å². The maximum absolute atomic E-state index is 4.16. The first kappa shape index (κ1) is 13.0. The van der Waals surface area contributed by atoms with E-state index in [0.717, 1.165) is 25.6 Å². The molecule has 0 amide bonds. The van der Waals surface area contributed by atoms with Crippen molar-refractivity contribution in [2.24, 2.45) is 5.92 Å². The van der Waals surface area contributed by atoms with Crippen molar-refractivity contribution < 1.29 is 0 Å². The van der Waals surface area contributed by atoms with Crippen LogP contribution in [0.2, 0.25) is 0 Å². The Morgan fingerprint density at radius 1 is 1.65 bits per heavy atom. The van der Waals surface area contributed by atoms with Crippen molar-refractivity contribution in [2.75, 3.05) is 13.1 Å². The molecule has 3 atom stereocenters. The number of nitrogens with one attached hydrogen (secondary N) is 1. The molecule has 2 rings (SSSR count). The second-order valence-electron chi connectivity index (χ2n) is 5.15. The van der Waals surface area contributed by atoms with Crippen molar-refractivity contribution in [1.82, 2.24) is 15.2 Å². The summed E-state index contributed by atoms with van der Waals surface area (Å²) in [6.45, 7) is 10.2. The Bertz CT molecular complexity index is 325. The van der Waals surface area contributed by atoms with Crippen LogP contribution >= 0.6 is 11.3 Å². The zero-order valence-corrected chi connectivity index (χ0v) is 11.8. The van der Waals surface area contributed by atoms with Gasteiger partial charge in [0.1, 0.15) is 0 Å². The predicted molar refractivity (Wildman–Crippen MR) is 73.2 cm³/mol. The first-order valence-electron chi connectivity index (χ1n) is 6.55. The molecule has 4 heteroatoms. The maximum atomic E-state index is 4.16. The lowest BCUT2D eigenvalue weighted by Crippen LogP contribution is -2.56. The van der Waals surface area contributed by atoms with E-state index in [2.05, 4.69) is 36.0 Å². The predicted octanol–water partition coefficient (Wildman–Crippen LogP) is 2.35. The molecule has 1 aliphatic rings. The van der Waals surface area contributed by atoms with Gasteiger partial charge in [-0.1, -0.05) is 20.3 Å². The number of rotatable bonds is 4. The molecule has 1 aliphatic heterocycles. The summed E-state index contributed by atoms with van der Waals surface area (Å²) in [5.41, 5.74) is 1.92. The molecular formula is C13H23N3S. The highest BCUT2D eigenvalue weighted by atomic mass is 32.1. The second-order valence-corrected chi connectivity index (χ2v) is 6.12. The third kappa shape index (κ3) is 3.27. The second kappa shape index (κ2) is 5.94. The van der Waals surface area contributed by atoms with Gasteiger partial charge in [0.15, 0.2) is 0 Å². The van der Waals surface area contributed by atoms with E-state index in [0.29, 0.717) is 12.1 Å². The Labute approximate surface area is 108 Å². The van der Waals surface area contributed by atoms with E-state index in [9.17, 15) is 0 Å². The topological polar surface area (TPSA) is 28.2 Å². The fourth-order valence-corrected chi connectivity index (χ4v) is 2.97. The van der Waals surface area contributed by atoms with Gasteiger partial charge in [0.2, 0.25) is 0 Å². The van der Waals surface area contributed by atoms with E-state index >= 15 is 0 Å². The van der Waals surface area contributed by atoms with Crippen LogP contribution in [0.4, 0.5) is 0 Å². The lowest BCUT2D eigenvalue weighted by atomic mass is 9.96. The number of nitrogens with zero attached hydrogens (tertiary/aromatic N) is 2. The average molecular weight is 253 g/mol. The Morgan fingerprint density at radius 3 is 3.12 bits per heavy atom. The normalized spacial score (nSPS) is 28.2. The summed E-state index contributed by atoms with van der Waals surface area (Å²) in [5, 5.41) is 3.68. The van der Waals surface area contributed by atoms with Crippen LogP contribution in [0.3, 0.4) is 0 Å². The fraction of sp³-hybridized carbons (Fsp3) is 0.769. The van der Waals surface area contributed by atoms with Crippen LogP contribution in [0, 0.1) is 5.92 Å². The highest BCUT2D eigenvalue weighted by Gasteiger charge is 2.27. The Kier molecular flexibility index (Phi) is 4.54. The van der Waals surface area contributed by atoms with Crippen molar-refractivity contribution in [2.45, 2.75) is 45.8 Å². The smallest absolute Gasteiger partial charge is 0.0794 e. The van der Waals surface area contributed by atoms with Crippen molar-refractivity contribution in [1.29, 1.82) is 0 Å². The van der Waals surface area contributed by atoms with Gasteiger partial charge >= 0.3 is 0 Å². The van der Waals surface area contributed by atoms with E-state index < -0.39 is 0 Å². The molecule has 0 bridgehead atoms. The summed E-state index contributed by atoms with van der Waals surface area (Å²) in [7, 11) is 0. The first-order chi connectivity index (χ1) is 8.20. The number of piperazine rings is 1. The van der Waals surface area contributed by atoms with E-state index in [1.54, 1.807) is 11.3 Å². The molecule has 1 N–H and O–H groups in total. The van der Waals surface area contributed by atoms with Crippen LogP contribution < -0.4 is 5.32 Å². The van der Waals surface area contributed by atoms with Gasteiger partial charge in [0, 0.05) is 42.8 Å². The summed E-state index contributed by atoms with van der Waals surface area (Å²) in [5.74, 6) is 0.756. The Balaban J connectivity index is 1.95. The highest BCUT2D eigenvalue weighted by Crippen LogP contribution is 2.19. The molecule has 1 saturated heterocycles. The molecule has 2 heterocycles. The zero-order valence-electron chi connectivity index (χ0n) is 11.0. The minimum Gasteiger partial charge on any atom is -0.311 e. The number of hydrogen-bond acceptors (Lipinski definition) is 4. The van der Waals surface area contributed by atoms with Gasteiger partial charge in [0.25, 0.3) is 0 Å². The van der Waals surface area contributed by atoms with Crippen LogP contribution in [-0.2, 0) is 6.54 Å². The largest absolute Gasteiger partial charge is 0.311 e. The molecule has 0 aromatic carbocycles. The standard InChI is InChI=1S/C13H23N3S/c1-4-10(2)13-8-16(11(3)5-15-13)7-12-6-14-9-17-12/h6,9-11,13,15H,4-5,7-8H2,1-3H3. The Hall–Kier alpha value is -0.450. The molecule has 3 nitrogen and oxygen atoms in total. The molecule has 0 saturated carbocycles. The highest BCUT2D eigenvalue weighted by molar-refractivity contribution is 7.09. The quantitative estimate of drug-likeness (QED) is 0.893. The van der Waals surface area contributed by atoms with Crippen molar-refractivity contribution in [3.8, 4) is 0 Å². The minimum atomic E-state index is 0.623. The van der Waals surface area contributed by atoms with E-state index in [-0.39, 0.29) is 0 Å². The summed E-state index contributed by atoms with van der Waals surface area (Å²) >= 11 is 1.76. The lowest BCUT2D eigenvalue weighted by molar-refractivity contribution is 0.113. The third-order valence-electron chi connectivity index (χ3n) is 3.90. The van der Waals surface area contributed by atoms with Gasteiger partial charge in [-0.25, -0.2) is 0 Å². The van der Waals surface area contributed by atoms with Crippen LogP contribution in [0.1, 0.15) is 32.1 Å². The van der Waals surface area contributed by atoms with Gasteiger partial charge in [-0.15, -0.1) is 11.3 Å². The summed E-state index contributed by atoms with van der Waals surface area (Å²) < 4.78 is 0. The van der Waals surface area contributed by atoms with Gasteiger partial charge in [-0.3, -0.25) is 9.88 Å². The van der Waals surface area contributed by atoms with Crippen molar-refractivity contribution >= 4 is 11.3 Å². The summed E-state index contributed by atoms with van der Waals surface area (Å²) in [6.07, 6.45) is 3.25. The van der Waals surface area contributed by atoms with Gasteiger partial charge in [0.05, 0.1) is 5.51 Å². The molecule has 0 radical (unpaired) electrons. The van der Waals surface area contributed by atoms with Crippen molar-refractivity contribution in [3.05, 3.63) is 16.6 Å². The van der Waals surface area contributed by atoms with Crippen LogP contribution in [-0.4, -0.2) is 35.1 Å².